The SMILES string of the molecule is Cc1cc(Cl)ccc1NC(=O)c1cn(C)c2ncccc12. The molecule has 4 nitrogen and oxygen atoms in total. The quantitative estimate of drug-likeness (QED) is 0.782. The summed E-state index contributed by atoms with van der Waals surface area (Å²) in [4.78, 5) is 16.8. The summed E-state index contributed by atoms with van der Waals surface area (Å²) in [6.45, 7) is 1.91. The van der Waals surface area contributed by atoms with Crippen molar-refractivity contribution in [1.29, 1.82) is 0 Å². The number of anilines is 1. The van der Waals surface area contributed by atoms with E-state index in [1.54, 1.807) is 24.5 Å². The second-order valence-electron chi connectivity index (χ2n) is 4.94. The highest BCUT2D eigenvalue weighted by Crippen LogP contribution is 2.23. The number of aryl methyl sites for hydroxylation is 2. The Morgan fingerprint density at radius 2 is 2.14 bits per heavy atom. The molecule has 0 aliphatic heterocycles. The molecule has 1 N–H and O–H groups in total. The zero-order chi connectivity index (χ0) is 15.0. The highest BCUT2D eigenvalue weighted by Gasteiger charge is 2.15. The first-order chi connectivity index (χ1) is 10.1. The first kappa shape index (κ1) is 13.6. The molecule has 0 radical (unpaired) electrons. The zero-order valence-corrected chi connectivity index (χ0v) is 12.5. The normalized spacial score (nSPS) is 10.8. The number of amides is 1. The predicted octanol–water partition coefficient (Wildman–Crippen LogP) is 3.79. The summed E-state index contributed by atoms with van der Waals surface area (Å²) in [7, 11) is 1.87. The van der Waals surface area contributed by atoms with Crippen LogP contribution in [-0.4, -0.2) is 15.5 Å². The molecular weight excluding hydrogens is 286 g/mol. The van der Waals surface area contributed by atoms with Gasteiger partial charge in [0.2, 0.25) is 0 Å². The van der Waals surface area contributed by atoms with E-state index in [0.29, 0.717) is 10.6 Å². The van der Waals surface area contributed by atoms with Crippen LogP contribution in [0.3, 0.4) is 0 Å². The van der Waals surface area contributed by atoms with Crippen LogP contribution in [0.15, 0.2) is 42.7 Å². The third-order valence-corrected chi connectivity index (χ3v) is 3.65. The Bertz CT molecular complexity index is 839. The minimum atomic E-state index is -0.154. The Balaban J connectivity index is 1.98. The van der Waals surface area contributed by atoms with Crippen molar-refractivity contribution in [3.05, 3.63) is 58.9 Å². The zero-order valence-electron chi connectivity index (χ0n) is 11.7. The Morgan fingerprint density at radius 3 is 2.90 bits per heavy atom. The largest absolute Gasteiger partial charge is 0.335 e. The predicted molar refractivity (Wildman–Crippen MR) is 84.9 cm³/mol. The highest BCUT2D eigenvalue weighted by molar-refractivity contribution is 6.30. The monoisotopic (exact) mass is 299 g/mol. The molecule has 0 aliphatic rings. The van der Waals surface area contributed by atoms with Crippen LogP contribution in [0.4, 0.5) is 5.69 Å². The van der Waals surface area contributed by atoms with E-state index in [1.807, 2.05) is 36.7 Å². The summed E-state index contributed by atoms with van der Waals surface area (Å²) in [5.74, 6) is -0.154. The van der Waals surface area contributed by atoms with E-state index in [-0.39, 0.29) is 5.91 Å². The molecular formula is C16H14ClN3O. The number of hydrogen-bond acceptors (Lipinski definition) is 2. The molecule has 0 fully saturated rings. The lowest BCUT2D eigenvalue weighted by Crippen LogP contribution is -2.12. The van der Waals surface area contributed by atoms with Gasteiger partial charge in [0.15, 0.2) is 0 Å². The molecule has 1 aromatic carbocycles. The fourth-order valence-corrected chi connectivity index (χ4v) is 2.58. The van der Waals surface area contributed by atoms with E-state index >= 15 is 0 Å². The Hall–Kier alpha value is -2.33. The molecule has 5 heteroatoms. The average molecular weight is 300 g/mol. The number of pyridine rings is 1. The van der Waals surface area contributed by atoms with E-state index in [4.69, 9.17) is 11.6 Å². The van der Waals surface area contributed by atoms with Crippen LogP contribution < -0.4 is 5.32 Å². The van der Waals surface area contributed by atoms with Crippen molar-refractivity contribution >= 4 is 34.2 Å². The third kappa shape index (κ3) is 2.50. The third-order valence-electron chi connectivity index (χ3n) is 3.41. The van der Waals surface area contributed by atoms with Crippen molar-refractivity contribution in [3.63, 3.8) is 0 Å². The summed E-state index contributed by atoms with van der Waals surface area (Å²) in [6, 6.07) is 9.11. The second kappa shape index (κ2) is 5.22. The minimum Gasteiger partial charge on any atom is -0.335 e. The molecule has 3 aromatic rings. The maximum absolute atomic E-state index is 12.5. The van der Waals surface area contributed by atoms with Gasteiger partial charge in [-0.15, -0.1) is 0 Å². The van der Waals surface area contributed by atoms with Gasteiger partial charge >= 0.3 is 0 Å². The molecule has 106 valence electrons. The molecule has 2 heterocycles. The molecule has 0 saturated heterocycles. The van der Waals surface area contributed by atoms with E-state index < -0.39 is 0 Å². The van der Waals surface area contributed by atoms with Gasteiger partial charge in [0, 0.05) is 35.5 Å². The lowest BCUT2D eigenvalue weighted by molar-refractivity contribution is 0.102. The van der Waals surface area contributed by atoms with Crippen LogP contribution in [0.25, 0.3) is 11.0 Å². The number of carbonyl (C=O) groups is 1. The van der Waals surface area contributed by atoms with Gasteiger partial charge in [-0.2, -0.15) is 0 Å². The molecule has 1 amide bonds. The second-order valence-corrected chi connectivity index (χ2v) is 5.38. The number of aromatic nitrogens is 2. The van der Waals surface area contributed by atoms with Gasteiger partial charge in [0.25, 0.3) is 5.91 Å². The van der Waals surface area contributed by atoms with Gasteiger partial charge < -0.3 is 9.88 Å². The number of hydrogen-bond donors (Lipinski definition) is 1. The van der Waals surface area contributed by atoms with Crippen molar-refractivity contribution in [3.8, 4) is 0 Å². The van der Waals surface area contributed by atoms with Crippen molar-refractivity contribution in [1.82, 2.24) is 9.55 Å². The standard InChI is InChI=1S/C16H14ClN3O/c1-10-8-11(17)5-6-14(10)19-16(21)13-9-20(2)15-12(13)4-3-7-18-15/h3-9H,1-2H3,(H,19,21). The molecule has 0 unspecified atom stereocenters. The summed E-state index contributed by atoms with van der Waals surface area (Å²) >= 11 is 5.93. The van der Waals surface area contributed by atoms with Crippen LogP contribution in [0.2, 0.25) is 5.02 Å². The van der Waals surface area contributed by atoms with Crippen molar-refractivity contribution in [2.45, 2.75) is 6.92 Å². The molecule has 0 saturated carbocycles. The minimum absolute atomic E-state index is 0.154. The van der Waals surface area contributed by atoms with Gasteiger partial charge in [-0.05, 0) is 42.8 Å². The average Bonchev–Trinajstić information content (AvgIpc) is 2.80. The fraction of sp³-hybridized carbons (Fsp3) is 0.125. The van der Waals surface area contributed by atoms with Crippen LogP contribution >= 0.6 is 11.6 Å². The first-order valence-electron chi connectivity index (χ1n) is 6.54. The van der Waals surface area contributed by atoms with E-state index in [9.17, 15) is 4.79 Å². The van der Waals surface area contributed by atoms with Crippen molar-refractivity contribution < 1.29 is 4.79 Å². The molecule has 0 atom stereocenters. The van der Waals surface area contributed by atoms with Crippen LogP contribution in [-0.2, 0) is 7.05 Å². The number of nitrogens with zero attached hydrogens (tertiary/aromatic N) is 2. The first-order valence-corrected chi connectivity index (χ1v) is 6.91. The molecule has 0 bridgehead atoms. The number of benzene rings is 1. The smallest absolute Gasteiger partial charge is 0.257 e. The molecule has 21 heavy (non-hydrogen) atoms. The van der Waals surface area contributed by atoms with Gasteiger partial charge in [-0.1, -0.05) is 11.6 Å². The molecule has 0 aliphatic carbocycles. The molecule has 2 aromatic heterocycles. The van der Waals surface area contributed by atoms with Crippen LogP contribution in [0.5, 0.6) is 0 Å². The Kier molecular flexibility index (Phi) is 3.39. The van der Waals surface area contributed by atoms with Gasteiger partial charge in [0.1, 0.15) is 5.65 Å². The van der Waals surface area contributed by atoms with Crippen molar-refractivity contribution in [2.75, 3.05) is 5.32 Å². The number of fused-ring (bicyclic) bond motifs is 1. The fourth-order valence-electron chi connectivity index (χ4n) is 2.35. The lowest BCUT2D eigenvalue weighted by Gasteiger charge is -2.08. The number of nitrogens with one attached hydrogen (secondary N) is 1. The number of rotatable bonds is 2. The lowest BCUT2D eigenvalue weighted by atomic mass is 10.1. The summed E-state index contributed by atoms with van der Waals surface area (Å²) in [5.41, 5.74) is 3.07. The van der Waals surface area contributed by atoms with Gasteiger partial charge in [-0.3, -0.25) is 4.79 Å². The number of halogens is 1. The van der Waals surface area contributed by atoms with Crippen LogP contribution in [0.1, 0.15) is 15.9 Å². The van der Waals surface area contributed by atoms with E-state index in [1.165, 1.54) is 0 Å². The Labute approximate surface area is 127 Å². The molecule has 3 rings (SSSR count). The van der Waals surface area contributed by atoms with Crippen molar-refractivity contribution in [2.24, 2.45) is 7.05 Å². The maximum atomic E-state index is 12.5. The van der Waals surface area contributed by atoms with Gasteiger partial charge in [0.05, 0.1) is 5.56 Å². The Morgan fingerprint density at radius 1 is 1.33 bits per heavy atom. The summed E-state index contributed by atoms with van der Waals surface area (Å²) < 4.78 is 1.85. The molecule has 0 spiro atoms. The van der Waals surface area contributed by atoms with Crippen LogP contribution in [0, 0.1) is 6.92 Å². The topological polar surface area (TPSA) is 46.9 Å². The van der Waals surface area contributed by atoms with E-state index in [2.05, 4.69) is 10.3 Å². The number of carbonyl (C=O) groups excluding carboxylic acids is 1. The van der Waals surface area contributed by atoms with E-state index in [0.717, 1.165) is 22.3 Å². The highest BCUT2D eigenvalue weighted by atomic mass is 35.5. The maximum Gasteiger partial charge on any atom is 0.257 e. The van der Waals surface area contributed by atoms with Gasteiger partial charge in [-0.25, -0.2) is 4.98 Å². The summed E-state index contributed by atoms with van der Waals surface area (Å²) in [5, 5.41) is 4.41. The summed E-state index contributed by atoms with van der Waals surface area (Å²) in [6.07, 6.45) is 3.51.